The molecule has 1 fully saturated rings. The quantitative estimate of drug-likeness (QED) is 0.820. The van der Waals surface area contributed by atoms with Crippen molar-refractivity contribution in [2.24, 2.45) is 0 Å². The van der Waals surface area contributed by atoms with Gasteiger partial charge in [0.25, 0.3) is 0 Å². The van der Waals surface area contributed by atoms with Crippen molar-refractivity contribution in [3.63, 3.8) is 0 Å². The SMILES string of the molecule is CC(=O)c1ccc(F)cc1OCCN1CCNC1=O. The van der Waals surface area contributed by atoms with E-state index in [-0.39, 0.29) is 24.2 Å². The number of ether oxygens (including phenoxy) is 1. The molecule has 6 heteroatoms. The number of carbonyl (C=O) groups excluding carboxylic acids is 2. The largest absolute Gasteiger partial charge is 0.491 e. The van der Waals surface area contributed by atoms with Gasteiger partial charge in [0, 0.05) is 19.2 Å². The average molecular weight is 266 g/mol. The van der Waals surface area contributed by atoms with E-state index in [0.717, 1.165) is 0 Å². The summed E-state index contributed by atoms with van der Waals surface area (Å²) < 4.78 is 18.5. The summed E-state index contributed by atoms with van der Waals surface area (Å²) in [6.07, 6.45) is 0. The van der Waals surface area contributed by atoms with E-state index < -0.39 is 5.82 Å². The van der Waals surface area contributed by atoms with E-state index in [9.17, 15) is 14.0 Å². The summed E-state index contributed by atoms with van der Waals surface area (Å²) in [5.74, 6) is -0.431. The number of halogens is 1. The third-order valence-electron chi connectivity index (χ3n) is 2.89. The monoisotopic (exact) mass is 266 g/mol. The topological polar surface area (TPSA) is 58.6 Å². The molecule has 19 heavy (non-hydrogen) atoms. The first kappa shape index (κ1) is 13.3. The third-order valence-corrected chi connectivity index (χ3v) is 2.89. The smallest absolute Gasteiger partial charge is 0.317 e. The second-order valence-electron chi connectivity index (χ2n) is 4.26. The normalized spacial score (nSPS) is 14.4. The Hall–Kier alpha value is -2.11. The predicted molar refractivity (Wildman–Crippen MR) is 66.9 cm³/mol. The summed E-state index contributed by atoms with van der Waals surface area (Å²) in [6, 6.07) is 3.67. The van der Waals surface area contributed by atoms with E-state index in [1.165, 1.54) is 25.1 Å². The minimum atomic E-state index is -0.459. The van der Waals surface area contributed by atoms with Crippen LogP contribution < -0.4 is 10.1 Å². The fraction of sp³-hybridized carbons (Fsp3) is 0.385. The molecule has 5 nitrogen and oxygen atoms in total. The molecule has 1 aliphatic rings. The number of Topliss-reactive ketones (excluding diaryl/α,β-unsaturated/α-hetero) is 1. The minimum absolute atomic E-state index is 0.130. The van der Waals surface area contributed by atoms with Gasteiger partial charge in [0.2, 0.25) is 0 Å². The maximum Gasteiger partial charge on any atom is 0.317 e. The molecule has 1 N–H and O–H groups in total. The van der Waals surface area contributed by atoms with Crippen LogP contribution in [0.3, 0.4) is 0 Å². The van der Waals surface area contributed by atoms with Gasteiger partial charge in [0.1, 0.15) is 18.2 Å². The maximum atomic E-state index is 13.1. The summed E-state index contributed by atoms with van der Waals surface area (Å²) in [6.45, 7) is 3.27. The van der Waals surface area contributed by atoms with E-state index >= 15 is 0 Å². The van der Waals surface area contributed by atoms with Crippen LogP contribution in [0.2, 0.25) is 0 Å². The number of rotatable bonds is 5. The lowest BCUT2D eigenvalue weighted by Gasteiger charge is -2.15. The lowest BCUT2D eigenvalue weighted by atomic mass is 10.1. The third kappa shape index (κ3) is 3.21. The van der Waals surface area contributed by atoms with Gasteiger partial charge in [-0.25, -0.2) is 9.18 Å². The first-order valence-electron chi connectivity index (χ1n) is 6.04. The van der Waals surface area contributed by atoms with E-state index in [1.54, 1.807) is 4.90 Å². The van der Waals surface area contributed by atoms with Crippen molar-refractivity contribution in [1.82, 2.24) is 10.2 Å². The Morgan fingerprint density at radius 1 is 1.53 bits per heavy atom. The molecule has 2 amide bonds. The first-order valence-corrected chi connectivity index (χ1v) is 6.04. The standard InChI is InChI=1S/C13H15FN2O3/c1-9(17)11-3-2-10(14)8-12(11)19-7-6-16-5-4-15-13(16)18/h2-3,8H,4-7H2,1H3,(H,15,18). The zero-order chi connectivity index (χ0) is 13.8. The summed E-state index contributed by atoms with van der Waals surface area (Å²) >= 11 is 0. The number of nitrogens with zero attached hydrogens (tertiary/aromatic N) is 1. The highest BCUT2D eigenvalue weighted by atomic mass is 19.1. The van der Waals surface area contributed by atoms with Crippen molar-refractivity contribution in [1.29, 1.82) is 0 Å². The molecule has 1 saturated heterocycles. The van der Waals surface area contributed by atoms with Gasteiger partial charge < -0.3 is 15.0 Å². The molecular formula is C13H15FN2O3. The molecule has 102 valence electrons. The highest BCUT2D eigenvalue weighted by molar-refractivity contribution is 5.96. The van der Waals surface area contributed by atoms with Crippen LogP contribution in [0.5, 0.6) is 5.75 Å². The molecule has 0 unspecified atom stereocenters. The zero-order valence-electron chi connectivity index (χ0n) is 10.6. The molecule has 0 atom stereocenters. The van der Waals surface area contributed by atoms with Gasteiger partial charge in [-0.1, -0.05) is 0 Å². The number of hydrogen-bond donors (Lipinski definition) is 1. The molecule has 0 radical (unpaired) electrons. The lowest BCUT2D eigenvalue weighted by Crippen LogP contribution is -2.32. The Kier molecular flexibility index (Phi) is 3.99. The van der Waals surface area contributed by atoms with Crippen LogP contribution in [-0.2, 0) is 0 Å². The van der Waals surface area contributed by atoms with Crippen molar-refractivity contribution in [2.45, 2.75) is 6.92 Å². The van der Waals surface area contributed by atoms with Gasteiger partial charge in [0.15, 0.2) is 5.78 Å². The van der Waals surface area contributed by atoms with Gasteiger partial charge in [0.05, 0.1) is 12.1 Å². The number of nitrogens with one attached hydrogen (secondary N) is 1. The average Bonchev–Trinajstić information content (AvgIpc) is 2.75. The van der Waals surface area contributed by atoms with Crippen molar-refractivity contribution in [2.75, 3.05) is 26.2 Å². The number of hydrogen-bond acceptors (Lipinski definition) is 3. The summed E-state index contributed by atoms with van der Waals surface area (Å²) in [7, 11) is 0. The van der Waals surface area contributed by atoms with E-state index in [2.05, 4.69) is 5.32 Å². The van der Waals surface area contributed by atoms with Crippen LogP contribution in [-0.4, -0.2) is 43.0 Å². The molecule has 1 aromatic carbocycles. The summed E-state index contributed by atoms with van der Waals surface area (Å²) in [5, 5.41) is 2.67. The van der Waals surface area contributed by atoms with Crippen LogP contribution in [0, 0.1) is 5.82 Å². The van der Waals surface area contributed by atoms with Gasteiger partial charge in [-0.3, -0.25) is 4.79 Å². The Morgan fingerprint density at radius 2 is 2.32 bits per heavy atom. The minimum Gasteiger partial charge on any atom is -0.491 e. The Morgan fingerprint density at radius 3 is 2.95 bits per heavy atom. The molecule has 0 aromatic heterocycles. The number of urea groups is 1. The van der Waals surface area contributed by atoms with Crippen LogP contribution in [0.15, 0.2) is 18.2 Å². The fourth-order valence-corrected chi connectivity index (χ4v) is 1.90. The number of benzene rings is 1. The second-order valence-corrected chi connectivity index (χ2v) is 4.26. The van der Waals surface area contributed by atoms with Gasteiger partial charge in [-0.2, -0.15) is 0 Å². The van der Waals surface area contributed by atoms with E-state index in [1.807, 2.05) is 0 Å². The molecular weight excluding hydrogens is 251 g/mol. The van der Waals surface area contributed by atoms with E-state index in [0.29, 0.717) is 25.2 Å². The lowest BCUT2D eigenvalue weighted by molar-refractivity contribution is 0.101. The van der Waals surface area contributed by atoms with Crippen LogP contribution in [0.4, 0.5) is 9.18 Å². The van der Waals surface area contributed by atoms with Gasteiger partial charge >= 0.3 is 6.03 Å². The van der Waals surface area contributed by atoms with Crippen LogP contribution in [0.1, 0.15) is 17.3 Å². The highest BCUT2D eigenvalue weighted by Gasteiger charge is 2.19. The van der Waals surface area contributed by atoms with Crippen molar-refractivity contribution >= 4 is 11.8 Å². The van der Waals surface area contributed by atoms with Crippen molar-refractivity contribution in [3.05, 3.63) is 29.6 Å². The molecule has 1 heterocycles. The van der Waals surface area contributed by atoms with Crippen LogP contribution >= 0.6 is 0 Å². The summed E-state index contributed by atoms with van der Waals surface area (Å²) in [5.41, 5.74) is 0.340. The fourth-order valence-electron chi connectivity index (χ4n) is 1.90. The first-order chi connectivity index (χ1) is 9.08. The van der Waals surface area contributed by atoms with Gasteiger partial charge in [-0.15, -0.1) is 0 Å². The van der Waals surface area contributed by atoms with E-state index in [4.69, 9.17) is 4.74 Å². The molecule has 1 aromatic rings. The molecule has 2 rings (SSSR count). The van der Waals surface area contributed by atoms with Gasteiger partial charge in [-0.05, 0) is 19.1 Å². The predicted octanol–water partition coefficient (Wildman–Crippen LogP) is 1.43. The van der Waals surface area contributed by atoms with Crippen molar-refractivity contribution < 1.29 is 18.7 Å². The molecule has 0 aliphatic carbocycles. The van der Waals surface area contributed by atoms with Crippen molar-refractivity contribution in [3.8, 4) is 5.75 Å². The number of carbonyl (C=O) groups is 2. The maximum absolute atomic E-state index is 13.1. The number of ketones is 1. The zero-order valence-corrected chi connectivity index (χ0v) is 10.6. The Balaban J connectivity index is 1.97. The van der Waals surface area contributed by atoms with Crippen LogP contribution in [0.25, 0.3) is 0 Å². The second kappa shape index (κ2) is 5.69. The number of amides is 2. The highest BCUT2D eigenvalue weighted by Crippen LogP contribution is 2.20. The Bertz CT molecular complexity index is 505. The molecule has 0 bridgehead atoms. The summed E-state index contributed by atoms with van der Waals surface area (Å²) in [4.78, 5) is 24.3. The Labute approximate surface area is 110 Å². The molecule has 0 spiro atoms. The molecule has 1 aliphatic heterocycles. The molecule has 0 saturated carbocycles.